The molecule has 1 unspecified atom stereocenters. The summed E-state index contributed by atoms with van der Waals surface area (Å²) in [6.45, 7) is 2.43. The quantitative estimate of drug-likeness (QED) is 0.457. The molecule has 0 spiro atoms. The van der Waals surface area contributed by atoms with Crippen molar-refractivity contribution >= 4 is 39.1 Å². The Labute approximate surface area is 207 Å². The average molecular weight is 487 g/mol. The molecule has 2 amide bonds. The molecule has 2 aromatic carbocycles. The van der Waals surface area contributed by atoms with Crippen LogP contribution < -0.4 is 10.9 Å². The van der Waals surface area contributed by atoms with Crippen molar-refractivity contribution in [1.82, 2.24) is 14.5 Å². The van der Waals surface area contributed by atoms with Crippen LogP contribution in [0.1, 0.15) is 35.2 Å². The third-order valence-corrected chi connectivity index (χ3v) is 7.54. The first-order valence-corrected chi connectivity index (χ1v) is 12.5. The summed E-state index contributed by atoms with van der Waals surface area (Å²) in [4.78, 5) is 45.0. The zero-order valence-electron chi connectivity index (χ0n) is 19.7. The number of hydrogen-bond donors (Lipinski definition) is 1. The molecule has 0 bridgehead atoms. The van der Waals surface area contributed by atoms with Crippen molar-refractivity contribution in [3.05, 3.63) is 82.3 Å². The molecule has 2 aromatic heterocycles. The summed E-state index contributed by atoms with van der Waals surface area (Å²) in [6, 6.07) is 16.3. The molecule has 1 aliphatic rings. The van der Waals surface area contributed by atoms with Gasteiger partial charge in [0.15, 0.2) is 0 Å². The highest BCUT2D eigenvalue weighted by molar-refractivity contribution is 7.21. The highest BCUT2D eigenvalue weighted by atomic mass is 32.1. The van der Waals surface area contributed by atoms with Gasteiger partial charge in [-0.1, -0.05) is 24.3 Å². The summed E-state index contributed by atoms with van der Waals surface area (Å²) >= 11 is 1.61. The van der Waals surface area contributed by atoms with E-state index in [0.29, 0.717) is 24.2 Å². The second-order valence-corrected chi connectivity index (χ2v) is 9.91. The zero-order valence-corrected chi connectivity index (χ0v) is 20.5. The number of rotatable bonds is 4. The number of amides is 2. The molecule has 4 aromatic rings. The number of carbonyl (C=O) groups excluding carboxylic acids is 2. The van der Waals surface area contributed by atoms with Gasteiger partial charge >= 0.3 is 0 Å². The van der Waals surface area contributed by atoms with E-state index in [0.717, 1.165) is 39.2 Å². The van der Waals surface area contributed by atoms with Crippen molar-refractivity contribution in [1.29, 1.82) is 0 Å². The van der Waals surface area contributed by atoms with E-state index in [1.54, 1.807) is 35.5 Å². The Kier molecular flexibility index (Phi) is 6.21. The maximum Gasteiger partial charge on any atom is 0.254 e. The highest BCUT2D eigenvalue weighted by Crippen LogP contribution is 2.32. The van der Waals surface area contributed by atoms with Crippen molar-refractivity contribution < 1.29 is 9.59 Å². The number of thiazole rings is 1. The molecule has 0 radical (unpaired) electrons. The van der Waals surface area contributed by atoms with E-state index in [1.165, 1.54) is 10.6 Å². The number of nitrogens with zero attached hydrogens (tertiary/aromatic N) is 3. The van der Waals surface area contributed by atoms with Crippen LogP contribution in [0, 0.1) is 6.92 Å². The van der Waals surface area contributed by atoms with Crippen LogP contribution in [0.3, 0.4) is 0 Å². The lowest BCUT2D eigenvalue weighted by molar-refractivity contribution is -0.121. The smallest absolute Gasteiger partial charge is 0.254 e. The Hall–Kier alpha value is -3.78. The molecule has 1 fully saturated rings. The number of nitrogens with one attached hydrogen (secondary N) is 1. The third kappa shape index (κ3) is 4.61. The van der Waals surface area contributed by atoms with Gasteiger partial charge in [0.25, 0.3) is 11.5 Å². The second-order valence-electron chi connectivity index (χ2n) is 8.88. The van der Waals surface area contributed by atoms with Crippen LogP contribution in [-0.4, -0.2) is 38.9 Å². The molecular weight excluding hydrogens is 460 g/mol. The number of para-hydroxylation sites is 1. The number of anilines is 1. The van der Waals surface area contributed by atoms with Crippen LogP contribution in [0.5, 0.6) is 0 Å². The summed E-state index contributed by atoms with van der Waals surface area (Å²) in [7, 11) is 1.64. The third-order valence-electron chi connectivity index (χ3n) is 6.45. The SMILES string of the molecule is Cc1ccc(-c2nc3ccccc3s2)cc1NC(=O)C1CCCCN1C(=O)c1ccn(C)c(=O)c1. The lowest BCUT2D eigenvalue weighted by atomic mass is 9.99. The van der Waals surface area contributed by atoms with Crippen LogP contribution in [-0.2, 0) is 11.8 Å². The summed E-state index contributed by atoms with van der Waals surface area (Å²) in [5, 5.41) is 3.95. The first-order chi connectivity index (χ1) is 16.9. The summed E-state index contributed by atoms with van der Waals surface area (Å²) in [5.41, 5.74) is 3.58. The minimum Gasteiger partial charge on any atom is -0.327 e. The summed E-state index contributed by atoms with van der Waals surface area (Å²) < 4.78 is 2.53. The number of aromatic nitrogens is 2. The minimum absolute atomic E-state index is 0.216. The minimum atomic E-state index is -0.592. The van der Waals surface area contributed by atoms with Gasteiger partial charge in [0.1, 0.15) is 11.0 Å². The Morgan fingerprint density at radius 1 is 1.09 bits per heavy atom. The fraction of sp³-hybridized carbons (Fsp3) is 0.259. The van der Waals surface area contributed by atoms with E-state index in [9.17, 15) is 14.4 Å². The van der Waals surface area contributed by atoms with Crippen molar-refractivity contribution in [3.63, 3.8) is 0 Å². The van der Waals surface area contributed by atoms with Crippen molar-refractivity contribution in [2.24, 2.45) is 7.05 Å². The number of aryl methyl sites for hydroxylation is 2. The molecular formula is C27H26N4O3S. The van der Waals surface area contributed by atoms with E-state index in [2.05, 4.69) is 5.32 Å². The maximum absolute atomic E-state index is 13.4. The molecule has 7 nitrogen and oxygen atoms in total. The average Bonchev–Trinajstić information content (AvgIpc) is 3.31. The van der Waals surface area contributed by atoms with Gasteiger partial charge in [-0.05, 0) is 56.0 Å². The van der Waals surface area contributed by atoms with E-state index in [4.69, 9.17) is 4.98 Å². The molecule has 5 rings (SSSR count). The van der Waals surface area contributed by atoms with Gasteiger partial charge in [-0.15, -0.1) is 11.3 Å². The van der Waals surface area contributed by atoms with Gasteiger partial charge in [-0.3, -0.25) is 14.4 Å². The standard InChI is InChI=1S/C27H26N4O3S/c1-17-10-11-18(26-29-20-7-3-4-9-23(20)35-26)15-21(17)28-25(33)22-8-5-6-13-31(22)27(34)19-12-14-30(2)24(32)16-19/h3-4,7,9-12,14-16,22H,5-6,8,13H2,1-2H3,(H,28,33). The maximum atomic E-state index is 13.4. The molecule has 1 saturated heterocycles. The topological polar surface area (TPSA) is 84.3 Å². The molecule has 1 atom stereocenters. The lowest BCUT2D eigenvalue weighted by Crippen LogP contribution is -2.50. The first-order valence-electron chi connectivity index (χ1n) is 11.7. The lowest BCUT2D eigenvalue weighted by Gasteiger charge is -2.35. The normalized spacial score (nSPS) is 15.8. The highest BCUT2D eigenvalue weighted by Gasteiger charge is 2.33. The zero-order chi connectivity index (χ0) is 24.5. The van der Waals surface area contributed by atoms with E-state index in [1.807, 2.05) is 49.4 Å². The van der Waals surface area contributed by atoms with Crippen LogP contribution >= 0.6 is 11.3 Å². The number of piperidine rings is 1. The molecule has 0 saturated carbocycles. The predicted molar refractivity (Wildman–Crippen MR) is 139 cm³/mol. The van der Waals surface area contributed by atoms with Gasteiger partial charge in [0, 0.05) is 42.7 Å². The van der Waals surface area contributed by atoms with Gasteiger partial charge in [-0.25, -0.2) is 4.98 Å². The van der Waals surface area contributed by atoms with Crippen LogP contribution in [0.4, 0.5) is 5.69 Å². The van der Waals surface area contributed by atoms with Gasteiger partial charge in [0.05, 0.1) is 10.2 Å². The molecule has 3 heterocycles. The molecule has 8 heteroatoms. The Morgan fingerprint density at radius 2 is 1.91 bits per heavy atom. The van der Waals surface area contributed by atoms with E-state index >= 15 is 0 Å². The molecule has 1 aliphatic heterocycles. The number of hydrogen-bond acceptors (Lipinski definition) is 5. The largest absolute Gasteiger partial charge is 0.327 e. The number of benzene rings is 2. The van der Waals surface area contributed by atoms with Crippen molar-refractivity contribution in [2.45, 2.75) is 32.2 Å². The van der Waals surface area contributed by atoms with E-state index < -0.39 is 6.04 Å². The Balaban J connectivity index is 1.39. The van der Waals surface area contributed by atoms with Gasteiger partial charge in [0.2, 0.25) is 5.91 Å². The number of likely N-dealkylation sites (tertiary alicyclic amines) is 1. The number of carbonyl (C=O) groups is 2. The predicted octanol–water partition coefficient (Wildman–Crippen LogP) is 4.60. The van der Waals surface area contributed by atoms with Crippen molar-refractivity contribution in [3.8, 4) is 10.6 Å². The molecule has 178 valence electrons. The monoisotopic (exact) mass is 486 g/mol. The molecule has 0 aliphatic carbocycles. The van der Waals surface area contributed by atoms with Crippen LogP contribution in [0.25, 0.3) is 20.8 Å². The van der Waals surface area contributed by atoms with E-state index in [-0.39, 0.29) is 17.4 Å². The number of pyridine rings is 1. The van der Waals surface area contributed by atoms with Crippen LogP contribution in [0.15, 0.2) is 65.6 Å². The Bertz CT molecular complexity index is 1460. The van der Waals surface area contributed by atoms with Gasteiger partial charge < -0.3 is 14.8 Å². The second kappa shape index (κ2) is 9.46. The summed E-state index contributed by atoms with van der Waals surface area (Å²) in [5.74, 6) is -0.506. The van der Waals surface area contributed by atoms with Gasteiger partial charge in [-0.2, -0.15) is 0 Å². The fourth-order valence-corrected chi connectivity index (χ4v) is 5.36. The summed E-state index contributed by atoms with van der Waals surface area (Å²) in [6.07, 6.45) is 3.85. The van der Waals surface area contributed by atoms with Crippen LogP contribution in [0.2, 0.25) is 0 Å². The fourth-order valence-electron chi connectivity index (χ4n) is 4.40. The molecule has 1 N–H and O–H groups in total. The first kappa shape index (κ1) is 23.0. The molecule has 35 heavy (non-hydrogen) atoms. The van der Waals surface area contributed by atoms with Crippen molar-refractivity contribution in [2.75, 3.05) is 11.9 Å². The number of fused-ring (bicyclic) bond motifs is 1. The Morgan fingerprint density at radius 3 is 2.71 bits per heavy atom.